The normalized spacial score (nSPS) is 15.9. The molecule has 15 heteroatoms. The molecule has 0 spiro atoms. The van der Waals surface area contributed by atoms with Crippen LogP contribution in [0.5, 0.6) is 0 Å². The van der Waals surface area contributed by atoms with E-state index < -0.39 is 0 Å². The number of ether oxygens (including phenoxy) is 4. The van der Waals surface area contributed by atoms with Crippen LogP contribution in [0.25, 0.3) is 0 Å². The van der Waals surface area contributed by atoms with Crippen molar-refractivity contribution >= 4 is 94.1 Å². The fourth-order valence-electron chi connectivity index (χ4n) is 2.44. The highest BCUT2D eigenvalue weighted by molar-refractivity contribution is 8.45. The van der Waals surface area contributed by atoms with Gasteiger partial charge in [0.05, 0.1) is 71.1 Å². The molecule has 7 nitrogen and oxygen atoms in total. The predicted molar refractivity (Wildman–Crippen MR) is 166 cm³/mol. The van der Waals surface area contributed by atoms with Gasteiger partial charge in [-0.15, -0.1) is 60.3 Å². The van der Waals surface area contributed by atoms with Crippen LogP contribution in [0.2, 0.25) is 0 Å². The van der Waals surface area contributed by atoms with Crippen molar-refractivity contribution < 1.29 is 29.2 Å². The van der Waals surface area contributed by atoms with E-state index in [0.717, 1.165) is 17.3 Å². The van der Waals surface area contributed by atoms with Crippen molar-refractivity contribution in [3.8, 4) is 6.07 Å². The smallest absolute Gasteiger partial charge is 0.0717 e. The Balaban J connectivity index is 1.86. The highest BCUT2D eigenvalue weighted by Gasteiger charge is 2.30. The molecule has 2 heterocycles. The van der Waals surface area contributed by atoms with Gasteiger partial charge in [-0.2, -0.15) is 5.26 Å². The zero-order valence-electron chi connectivity index (χ0n) is 20.6. The van der Waals surface area contributed by atoms with Gasteiger partial charge < -0.3 is 29.2 Å². The van der Waals surface area contributed by atoms with Gasteiger partial charge in [-0.1, -0.05) is 47.0 Å². The molecule has 37 heavy (non-hydrogen) atoms. The molecule has 0 amide bonds. The van der Waals surface area contributed by atoms with Crippen molar-refractivity contribution in [2.24, 2.45) is 0 Å². The Morgan fingerprint density at radius 1 is 0.622 bits per heavy atom. The summed E-state index contributed by atoms with van der Waals surface area (Å²) in [5, 5.41) is 29.7. The standard InChI is InChI=1S/C22H31NO6S8/c1-30-17-18(31-14-2-3-23)35-21(34-17)22-36-19(32-15-12-28-10-8-26-6-4-24)20(37-22)33-16-13-29-11-9-27-7-5-25/h2,4-16H2,1H3/q-2. The molecular weight excluding hydrogens is 631 g/mol. The maximum atomic E-state index is 10.4. The summed E-state index contributed by atoms with van der Waals surface area (Å²) in [7, 11) is 0. The van der Waals surface area contributed by atoms with Crippen LogP contribution in [-0.4, -0.2) is 89.6 Å². The van der Waals surface area contributed by atoms with Gasteiger partial charge in [0.15, 0.2) is 0 Å². The maximum absolute atomic E-state index is 10.4. The monoisotopic (exact) mass is 661 g/mol. The fourth-order valence-corrected chi connectivity index (χ4v) is 13.8. The minimum Gasteiger partial charge on any atom is -0.853 e. The number of hydrogen-bond donors (Lipinski definition) is 0. The molecule has 2 aliphatic rings. The zero-order chi connectivity index (χ0) is 26.6. The Morgan fingerprint density at radius 2 is 1.03 bits per heavy atom. The number of nitriles is 1. The lowest BCUT2D eigenvalue weighted by molar-refractivity contribution is -0.374. The van der Waals surface area contributed by atoms with Crippen molar-refractivity contribution in [1.29, 1.82) is 5.26 Å². The van der Waals surface area contributed by atoms with Crippen LogP contribution in [0.3, 0.4) is 0 Å². The highest BCUT2D eigenvalue weighted by Crippen LogP contribution is 2.65. The molecule has 0 saturated carbocycles. The summed E-state index contributed by atoms with van der Waals surface area (Å²) < 4.78 is 29.4. The second-order valence-electron chi connectivity index (χ2n) is 6.65. The van der Waals surface area contributed by atoms with E-state index in [4.69, 9.17) is 24.2 Å². The van der Waals surface area contributed by atoms with E-state index in [2.05, 4.69) is 12.3 Å². The second-order valence-corrected chi connectivity index (χ2v) is 16.4. The summed E-state index contributed by atoms with van der Waals surface area (Å²) in [6, 6.07) is 2.23. The molecule has 0 atom stereocenters. The quantitative estimate of drug-likeness (QED) is 0.151. The first-order chi connectivity index (χ1) is 18.2. The Labute approximate surface area is 254 Å². The Hall–Kier alpha value is 1.27. The molecule has 0 unspecified atom stereocenters. The molecule has 0 aliphatic carbocycles. The Morgan fingerprint density at radius 3 is 1.46 bits per heavy atom. The summed E-state index contributed by atoms with van der Waals surface area (Å²) in [6.45, 7) is 3.17. The molecule has 0 aromatic heterocycles. The maximum Gasteiger partial charge on any atom is 0.0717 e. The van der Waals surface area contributed by atoms with Crippen molar-refractivity contribution in [3.05, 3.63) is 25.4 Å². The van der Waals surface area contributed by atoms with Crippen LogP contribution in [-0.2, 0) is 18.9 Å². The molecule has 0 bridgehead atoms. The van der Waals surface area contributed by atoms with Gasteiger partial charge >= 0.3 is 0 Å². The van der Waals surface area contributed by atoms with E-state index in [1.54, 1.807) is 47.0 Å². The largest absolute Gasteiger partial charge is 0.853 e. The van der Waals surface area contributed by atoms with Gasteiger partial charge in [0.1, 0.15) is 0 Å². The Kier molecular flexibility index (Phi) is 21.3. The molecule has 0 aromatic carbocycles. The third-order valence-electron chi connectivity index (χ3n) is 4.00. The van der Waals surface area contributed by atoms with Crippen LogP contribution < -0.4 is 10.2 Å². The summed E-state index contributed by atoms with van der Waals surface area (Å²) in [5.74, 6) is 2.50. The van der Waals surface area contributed by atoms with Gasteiger partial charge in [0, 0.05) is 36.9 Å². The Bertz CT molecular complexity index is 771. The van der Waals surface area contributed by atoms with Crippen LogP contribution >= 0.6 is 94.1 Å². The summed E-state index contributed by atoms with van der Waals surface area (Å²) in [6.07, 6.45) is 2.66. The lowest BCUT2D eigenvalue weighted by atomic mass is 10.6. The summed E-state index contributed by atoms with van der Waals surface area (Å²) in [4.78, 5) is 0. The van der Waals surface area contributed by atoms with E-state index in [0.29, 0.717) is 46.1 Å². The minimum absolute atomic E-state index is 0.220. The molecular formula is C22H31NO6S8-2. The molecule has 0 fully saturated rings. The van der Waals surface area contributed by atoms with E-state index in [9.17, 15) is 10.2 Å². The first kappa shape index (κ1) is 34.5. The molecule has 0 N–H and O–H groups in total. The highest BCUT2D eigenvalue weighted by atomic mass is 32.3. The van der Waals surface area contributed by atoms with E-state index in [1.165, 1.54) is 25.4 Å². The first-order valence-electron chi connectivity index (χ1n) is 11.4. The van der Waals surface area contributed by atoms with Crippen LogP contribution in [0, 0.1) is 11.3 Å². The topological polar surface area (TPSA) is 107 Å². The third kappa shape index (κ3) is 14.6. The molecule has 0 saturated heterocycles. The van der Waals surface area contributed by atoms with Gasteiger partial charge in [-0.3, -0.25) is 0 Å². The number of rotatable bonds is 22. The SMILES string of the molecule is CSC1=C(SCCC#N)SC(=C2SC(SCCOCCOCC[O-])=C(SCCOCCOCC[O-])S2)S1. The zero-order valence-corrected chi connectivity index (χ0v) is 27.1. The number of thioether (sulfide) groups is 8. The van der Waals surface area contributed by atoms with Crippen molar-refractivity contribution in [2.75, 3.05) is 89.6 Å². The van der Waals surface area contributed by atoms with Crippen molar-refractivity contribution in [1.82, 2.24) is 0 Å². The fraction of sp³-hybridized carbons (Fsp3) is 0.682. The third-order valence-corrected chi connectivity index (χ3v) is 15.3. The number of nitrogens with zero attached hydrogens (tertiary/aromatic N) is 1. The van der Waals surface area contributed by atoms with Gasteiger partial charge in [0.2, 0.25) is 0 Å². The summed E-state index contributed by atoms with van der Waals surface area (Å²) >= 11 is 14.5. The van der Waals surface area contributed by atoms with Gasteiger partial charge in [-0.05, 0) is 6.26 Å². The number of hydrogen-bond acceptors (Lipinski definition) is 15. The van der Waals surface area contributed by atoms with E-state index in [1.807, 2.05) is 47.0 Å². The van der Waals surface area contributed by atoms with E-state index >= 15 is 0 Å². The molecule has 2 rings (SSSR count). The lowest BCUT2D eigenvalue weighted by Gasteiger charge is -2.08. The lowest BCUT2D eigenvalue weighted by Crippen LogP contribution is -2.15. The summed E-state index contributed by atoms with van der Waals surface area (Å²) in [5.41, 5.74) is 0. The van der Waals surface area contributed by atoms with Gasteiger partial charge in [0.25, 0.3) is 0 Å². The average Bonchev–Trinajstić information content (AvgIpc) is 3.51. The minimum atomic E-state index is -0.220. The van der Waals surface area contributed by atoms with Gasteiger partial charge in [-0.25, -0.2) is 0 Å². The molecule has 210 valence electrons. The van der Waals surface area contributed by atoms with Crippen molar-refractivity contribution in [2.45, 2.75) is 6.42 Å². The average molecular weight is 662 g/mol. The van der Waals surface area contributed by atoms with E-state index in [-0.39, 0.29) is 26.4 Å². The van der Waals surface area contributed by atoms with Crippen LogP contribution in [0.15, 0.2) is 25.4 Å². The van der Waals surface area contributed by atoms with Crippen LogP contribution in [0.4, 0.5) is 0 Å². The second kappa shape index (κ2) is 22.9. The molecule has 0 aromatic rings. The van der Waals surface area contributed by atoms with Crippen LogP contribution in [0.1, 0.15) is 6.42 Å². The molecule has 2 aliphatic heterocycles. The first-order valence-corrected chi connectivity index (χ1v) is 18.9. The molecule has 0 radical (unpaired) electrons. The van der Waals surface area contributed by atoms with Crippen molar-refractivity contribution in [3.63, 3.8) is 0 Å². The predicted octanol–water partition coefficient (Wildman–Crippen LogP) is 4.59.